The molecule has 13 heteroatoms. The van der Waals surface area contributed by atoms with Crippen LogP contribution in [-0.2, 0) is 27.7 Å². The number of sulfonamides is 1. The zero-order chi connectivity index (χ0) is 26.5. The Morgan fingerprint density at radius 2 is 1.81 bits per heavy atom. The van der Waals surface area contributed by atoms with E-state index in [2.05, 4.69) is 4.98 Å². The highest BCUT2D eigenvalue weighted by Gasteiger charge is 2.35. The van der Waals surface area contributed by atoms with Crippen LogP contribution in [0, 0.1) is 0 Å². The Kier molecular flexibility index (Phi) is 6.71. The van der Waals surface area contributed by atoms with Crippen LogP contribution in [0.25, 0.3) is 10.1 Å². The van der Waals surface area contributed by atoms with Gasteiger partial charge in [0.05, 0.1) is 12.2 Å². The van der Waals surface area contributed by atoms with Crippen LogP contribution in [0.1, 0.15) is 42.9 Å². The molecule has 2 aliphatic rings. The normalized spacial score (nSPS) is 17.2. The summed E-state index contributed by atoms with van der Waals surface area (Å²) in [7, 11) is -3.70. The number of carbonyl (C=O) groups is 2. The third-order valence-corrected chi connectivity index (χ3v) is 9.83. The van der Waals surface area contributed by atoms with Gasteiger partial charge in [0.2, 0.25) is 0 Å². The first-order chi connectivity index (χ1) is 17.4. The maximum absolute atomic E-state index is 13.2. The lowest BCUT2D eigenvalue weighted by Crippen LogP contribution is -2.50. The molecule has 4 heterocycles. The Hall–Kier alpha value is -2.67. The number of hydrogen-bond donors (Lipinski definition) is 0. The molecule has 2 aromatic heterocycles. The summed E-state index contributed by atoms with van der Waals surface area (Å²) in [4.78, 5) is 32.9. The van der Waals surface area contributed by atoms with E-state index in [-0.39, 0.29) is 42.8 Å². The minimum absolute atomic E-state index is 0.0475. The van der Waals surface area contributed by atoms with Gasteiger partial charge in [0.1, 0.15) is 15.6 Å². The van der Waals surface area contributed by atoms with Crippen LogP contribution in [0.4, 0.5) is 4.79 Å². The molecule has 2 amide bonds. The highest BCUT2D eigenvalue weighted by molar-refractivity contribution is 7.91. The predicted octanol–water partition coefficient (Wildman–Crippen LogP) is 3.98. The number of thiophene rings is 1. The molecule has 198 valence electrons. The van der Waals surface area contributed by atoms with Gasteiger partial charge in [0.25, 0.3) is 15.9 Å². The van der Waals surface area contributed by atoms with E-state index in [0.717, 1.165) is 10.1 Å². The Bertz CT molecular complexity index is 1470. The van der Waals surface area contributed by atoms with E-state index in [1.165, 1.54) is 20.5 Å². The topological polar surface area (TPSA) is 113 Å². The number of oxazole rings is 1. The second-order valence-corrected chi connectivity index (χ2v) is 13.7. The van der Waals surface area contributed by atoms with Gasteiger partial charge in [0.15, 0.2) is 0 Å². The number of carbonyl (C=O) groups excluding carboxylic acids is 2. The van der Waals surface area contributed by atoms with E-state index in [4.69, 9.17) is 20.8 Å². The minimum atomic E-state index is -3.70. The summed E-state index contributed by atoms with van der Waals surface area (Å²) in [5.41, 5.74) is 0.0365. The SMILES string of the molecule is CC(C)(C)OC(=O)N1CCc2nc(C(=O)N3CCN(S(=O)(=O)c4cc5ccc(Cl)cc5s4)CC3)oc2C1. The second kappa shape index (κ2) is 9.57. The molecule has 0 atom stereocenters. The third kappa shape index (κ3) is 5.33. The Morgan fingerprint density at radius 3 is 2.51 bits per heavy atom. The maximum Gasteiger partial charge on any atom is 0.410 e. The molecule has 1 saturated heterocycles. The van der Waals surface area contributed by atoms with Crippen molar-refractivity contribution in [3.8, 4) is 0 Å². The van der Waals surface area contributed by atoms with Gasteiger partial charge in [-0.15, -0.1) is 11.3 Å². The van der Waals surface area contributed by atoms with E-state index in [1.54, 1.807) is 49.9 Å². The fraction of sp³-hybridized carbons (Fsp3) is 0.458. The van der Waals surface area contributed by atoms with Crippen LogP contribution < -0.4 is 0 Å². The Morgan fingerprint density at radius 1 is 1.08 bits per heavy atom. The molecule has 2 aliphatic heterocycles. The summed E-state index contributed by atoms with van der Waals surface area (Å²) >= 11 is 7.22. The van der Waals surface area contributed by atoms with Gasteiger partial charge < -0.3 is 19.0 Å². The van der Waals surface area contributed by atoms with Gasteiger partial charge in [-0.2, -0.15) is 4.31 Å². The van der Waals surface area contributed by atoms with Gasteiger partial charge in [0, 0.05) is 48.9 Å². The molecule has 3 aromatic rings. The molecule has 0 spiro atoms. The van der Waals surface area contributed by atoms with Crippen LogP contribution in [0.2, 0.25) is 5.02 Å². The van der Waals surface area contributed by atoms with Crippen LogP contribution >= 0.6 is 22.9 Å². The molecule has 0 N–H and O–H groups in total. The molecule has 0 bridgehead atoms. The Labute approximate surface area is 223 Å². The number of benzene rings is 1. The van der Waals surface area contributed by atoms with E-state index in [0.29, 0.717) is 29.4 Å². The lowest BCUT2D eigenvalue weighted by molar-refractivity contribution is 0.0208. The number of nitrogens with zero attached hydrogens (tertiary/aromatic N) is 4. The molecular weight excluding hydrogens is 540 g/mol. The molecule has 1 aromatic carbocycles. The minimum Gasteiger partial charge on any atom is -0.444 e. The second-order valence-electron chi connectivity index (χ2n) is 9.98. The van der Waals surface area contributed by atoms with Crippen LogP contribution in [0.15, 0.2) is 32.9 Å². The number of piperazine rings is 1. The zero-order valence-electron chi connectivity index (χ0n) is 20.7. The molecule has 0 aliphatic carbocycles. The van der Waals surface area contributed by atoms with Crippen molar-refractivity contribution in [2.45, 2.75) is 43.5 Å². The van der Waals surface area contributed by atoms with E-state index in [9.17, 15) is 18.0 Å². The summed E-state index contributed by atoms with van der Waals surface area (Å²) in [6.07, 6.45) is 0.0130. The number of aromatic nitrogens is 1. The van der Waals surface area contributed by atoms with Gasteiger partial charge in [-0.3, -0.25) is 4.79 Å². The summed E-state index contributed by atoms with van der Waals surface area (Å²) in [6, 6.07) is 6.93. The van der Waals surface area contributed by atoms with E-state index in [1.807, 2.05) is 0 Å². The van der Waals surface area contributed by atoms with Crippen LogP contribution in [-0.4, -0.2) is 77.8 Å². The largest absolute Gasteiger partial charge is 0.444 e. The monoisotopic (exact) mass is 566 g/mol. The third-order valence-electron chi connectivity index (χ3n) is 6.15. The van der Waals surface area contributed by atoms with Crippen LogP contribution in [0.5, 0.6) is 0 Å². The molecule has 37 heavy (non-hydrogen) atoms. The number of ether oxygens (including phenoxy) is 1. The van der Waals surface area contributed by atoms with E-state index >= 15 is 0 Å². The smallest absolute Gasteiger partial charge is 0.410 e. The molecule has 5 rings (SSSR count). The van der Waals surface area contributed by atoms with Crippen molar-refractivity contribution in [1.29, 1.82) is 0 Å². The first-order valence-electron chi connectivity index (χ1n) is 11.9. The molecule has 0 unspecified atom stereocenters. The molecule has 1 fully saturated rings. The molecule has 10 nitrogen and oxygen atoms in total. The number of halogens is 1. The molecule has 0 saturated carbocycles. The van der Waals surface area contributed by atoms with E-state index < -0.39 is 27.6 Å². The summed E-state index contributed by atoms with van der Waals surface area (Å²) in [5.74, 6) is 0.0204. The molecular formula is C24H27ClN4O6S2. The number of amides is 2. The average molecular weight is 567 g/mol. The first kappa shape index (κ1) is 26.0. The quantitative estimate of drug-likeness (QED) is 0.471. The maximum atomic E-state index is 13.2. The van der Waals surface area contributed by atoms with Crippen molar-refractivity contribution < 1.29 is 27.2 Å². The number of rotatable bonds is 3. The highest BCUT2D eigenvalue weighted by atomic mass is 35.5. The average Bonchev–Trinajstić information content (AvgIpc) is 3.46. The zero-order valence-corrected chi connectivity index (χ0v) is 23.1. The number of fused-ring (bicyclic) bond motifs is 2. The van der Waals surface area contributed by atoms with Crippen molar-refractivity contribution >= 4 is 55.0 Å². The van der Waals surface area contributed by atoms with Gasteiger partial charge in [-0.1, -0.05) is 17.7 Å². The van der Waals surface area contributed by atoms with Crippen molar-refractivity contribution in [2.75, 3.05) is 32.7 Å². The summed E-state index contributed by atoms with van der Waals surface area (Å²) in [5, 5.41) is 1.37. The standard InChI is InChI=1S/C24H27ClN4O6S2/c1-24(2,3)35-23(31)28-7-6-17-18(14-28)34-21(26-17)22(30)27-8-10-29(11-9-27)37(32,33)20-12-15-4-5-16(25)13-19(15)36-20/h4-5,12-13H,6-11,14H2,1-3H3. The lowest BCUT2D eigenvalue weighted by Gasteiger charge is -2.32. The summed E-state index contributed by atoms with van der Waals surface area (Å²) < 4.78 is 40.1. The van der Waals surface area contributed by atoms with Crippen molar-refractivity contribution in [3.63, 3.8) is 0 Å². The van der Waals surface area contributed by atoms with Gasteiger partial charge >= 0.3 is 12.0 Å². The lowest BCUT2D eigenvalue weighted by atomic mass is 10.1. The highest BCUT2D eigenvalue weighted by Crippen LogP contribution is 2.33. The van der Waals surface area contributed by atoms with Crippen molar-refractivity contribution in [3.05, 3.63) is 46.6 Å². The predicted molar refractivity (Wildman–Crippen MR) is 138 cm³/mol. The fourth-order valence-corrected chi connectivity index (χ4v) is 7.52. The Balaban J connectivity index is 1.23. The van der Waals surface area contributed by atoms with Crippen LogP contribution in [0.3, 0.4) is 0 Å². The first-order valence-corrected chi connectivity index (χ1v) is 14.5. The number of hydrogen-bond acceptors (Lipinski definition) is 8. The summed E-state index contributed by atoms with van der Waals surface area (Å²) in [6.45, 7) is 6.75. The van der Waals surface area contributed by atoms with Crippen molar-refractivity contribution in [1.82, 2.24) is 19.1 Å². The fourth-order valence-electron chi connectivity index (χ4n) is 4.27. The van der Waals surface area contributed by atoms with Crippen molar-refractivity contribution in [2.24, 2.45) is 0 Å². The molecule has 0 radical (unpaired) electrons. The van der Waals surface area contributed by atoms with Gasteiger partial charge in [-0.05, 0) is 44.4 Å². The van der Waals surface area contributed by atoms with Gasteiger partial charge in [-0.25, -0.2) is 18.2 Å².